The van der Waals surface area contributed by atoms with Gasteiger partial charge in [0.1, 0.15) is 0 Å². The standard InChI is InChI=1S/C14H18ClN/c1-4-13(5-2)16-14(6-3)11-7-9-12(15)10-8-11/h1,7-10,13-14,16H,5-6H2,2-3H3. The van der Waals surface area contributed by atoms with Crippen molar-refractivity contribution in [2.75, 3.05) is 0 Å². The van der Waals surface area contributed by atoms with Crippen molar-refractivity contribution in [1.29, 1.82) is 0 Å². The van der Waals surface area contributed by atoms with Crippen LogP contribution < -0.4 is 5.32 Å². The Bertz CT molecular complexity index is 350. The zero-order chi connectivity index (χ0) is 12.0. The van der Waals surface area contributed by atoms with E-state index in [0.717, 1.165) is 17.9 Å². The molecule has 0 bridgehead atoms. The fraction of sp³-hybridized carbons (Fsp3) is 0.429. The van der Waals surface area contributed by atoms with Crippen molar-refractivity contribution in [2.24, 2.45) is 0 Å². The molecule has 1 rings (SSSR count). The number of hydrogen-bond acceptors (Lipinski definition) is 1. The number of benzene rings is 1. The Labute approximate surface area is 103 Å². The molecule has 0 aromatic heterocycles. The maximum atomic E-state index is 5.87. The van der Waals surface area contributed by atoms with E-state index in [1.54, 1.807) is 0 Å². The first-order chi connectivity index (χ1) is 7.71. The van der Waals surface area contributed by atoms with E-state index in [4.69, 9.17) is 18.0 Å². The van der Waals surface area contributed by atoms with Gasteiger partial charge in [-0.15, -0.1) is 6.42 Å². The average molecular weight is 236 g/mol. The topological polar surface area (TPSA) is 12.0 Å². The van der Waals surface area contributed by atoms with Crippen LogP contribution in [-0.4, -0.2) is 6.04 Å². The molecule has 0 spiro atoms. The van der Waals surface area contributed by atoms with E-state index in [-0.39, 0.29) is 6.04 Å². The molecule has 1 aromatic rings. The van der Waals surface area contributed by atoms with Gasteiger partial charge in [-0.3, -0.25) is 5.32 Å². The lowest BCUT2D eigenvalue weighted by atomic mass is 10.0. The van der Waals surface area contributed by atoms with Crippen LogP contribution in [0, 0.1) is 12.3 Å². The second kappa shape index (κ2) is 6.58. The molecule has 0 radical (unpaired) electrons. The summed E-state index contributed by atoms with van der Waals surface area (Å²) >= 11 is 5.87. The smallest absolute Gasteiger partial charge is 0.0689 e. The van der Waals surface area contributed by atoms with Gasteiger partial charge in [-0.05, 0) is 30.5 Å². The van der Waals surface area contributed by atoms with E-state index in [1.807, 2.05) is 24.3 Å². The summed E-state index contributed by atoms with van der Waals surface area (Å²) in [5.41, 5.74) is 1.24. The zero-order valence-electron chi connectivity index (χ0n) is 9.83. The Morgan fingerprint density at radius 2 is 1.88 bits per heavy atom. The lowest BCUT2D eigenvalue weighted by molar-refractivity contribution is 0.472. The van der Waals surface area contributed by atoms with Crippen LogP contribution >= 0.6 is 11.6 Å². The summed E-state index contributed by atoms with van der Waals surface area (Å²) in [5.74, 6) is 2.76. The SMILES string of the molecule is C#CC(CC)NC(CC)c1ccc(Cl)cc1. The Morgan fingerprint density at radius 3 is 2.31 bits per heavy atom. The fourth-order valence-corrected chi connectivity index (χ4v) is 1.80. The number of terminal acetylenes is 1. The summed E-state index contributed by atoms with van der Waals surface area (Å²) in [6, 6.07) is 8.37. The van der Waals surface area contributed by atoms with E-state index >= 15 is 0 Å². The summed E-state index contributed by atoms with van der Waals surface area (Å²) in [7, 11) is 0. The Hall–Kier alpha value is -0.970. The minimum Gasteiger partial charge on any atom is -0.297 e. The highest BCUT2D eigenvalue weighted by Gasteiger charge is 2.12. The molecule has 1 aromatic carbocycles. The van der Waals surface area contributed by atoms with Crippen molar-refractivity contribution in [3.05, 3.63) is 34.9 Å². The maximum absolute atomic E-state index is 5.87. The summed E-state index contributed by atoms with van der Waals surface area (Å²) in [4.78, 5) is 0. The van der Waals surface area contributed by atoms with E-state index in [0.29, 0.717) is 6.04 Å². The van der Waals surface area contributed by atoms with Gasteiger partial charge in [0.25, 0.3) is 0 Å². The van der Waals surface area contributed by atoms with Gasteiger partial charge in [0.15, 0.2) is 0 Å². The van der Waals surface area contributed by atoms with Crippen LogP contribution in [0.5, 0.6) is 0 Å². The molecule has 0 heterocycles. The molecular formula is C14H18ClN. The van der Waals surface area contributed by atoms with E-state index in [2.05, 4.69) is 25.1 Å². The van der Waals surface area contributed by atoms with Crippen molar-refractivity contribution in [3.63, 3.8) is 0 Å². The number of hydrogen-bond donors (Lipinski definition) is 1. The van der Waals surface area contributed by atoms with Crippen molar-refractivity contribution >= 4 is 11.6 Å². The van der Waals surface area contributed by atoms with Gasteiger partial charge in [-0.1, -0.05) is 43.5 Å². The Balaban J connectivity index is 2.75. The summed E-state index contributed by atoms with van der Waals surface area (Å²) in [5, 5.41) is 4.23. The molecule has 86 valence electrons. The number of nitrogens with one attached hydrogen (secondary N) is 1. The first-order valence-electron chi connectivity index (χ1n) is 5.68. The van der Waals surface area contributed by atoms with Crippen molar-refractivity contribution in [3.8, 4) is 12.3 Å². The molecule has 1 nitrogen and oxygen atoms in total. The highest BCUT2D eigenvalue weighted by Crippen LogP contribution is 2.19. The molecule has 0 aliphatic carbocycles. The molecule has 2 heteroatoms. The first-order valence-corrected chi connectivity index (χ1v) is 6.06. The van der Waals surface area contributed by atoms with Gasteiger partial charge in [-0.25, -0.2) is 0 Å². The molecule has 2 unspecified atom stereocenters. The summed E-state index contributed by atoms with van der Waals surface area (Å²) < 4.78 is 0. The minimum atomic E-state index is 0.139. The van der Waals surface area contributed by atoms with Crippen LogP contribution in [0.25, 0.3) is 0 Å². The molecule has 0 fully saturated rings. The normalized spacial score (nSPS) is 14.1. The van der Waals surface area contributed by atoms with Gasteiger partial charge in [0.05, 0.1) is 6.04 Å². The maximum Gasteiger partial charge on any atom is 0.0689 e. The summed E-state index contributed by atoms with van der Waals surface area (Å²) in [6.45, 7) is 4.24. The van der Waals surface area contributed by atoms with Crippen LogP contribution in [0.4, 0.5) is 0 Å². The quantitative estimate of drug-likeness (QED) is 0.766. The van der Waals surface area contributed by atoms with E-state index in [9.17, 15) is 0 Å². The highest BCUT2D eigenvalue weighted by atomic mass is 35.5. The third kappa shape index (κ3) is 3.56. The zero-order valence-corrected chi connectivity index (χ0v) is 10.6. The Kier molecular flexibility index (Phi) is 5.38. The number of halogens is 1. The molecule has 1 N–H and O–H groups in total. The molecule has 2 atom stereocenters. The van der Waals surface area contributed by atoms with Crippen LogP contribution in [0.3, 0.4) is 0 Å². The second-order valence-corrected chi connectivity index (χ2v) is 4.24. The molecule has 0 amide bonds. The lowest BCUT2D eigenvalue weighted by Gasteiger charge is -2.21. The van der Waals surface area contributed by atoms with Crippen molar-refractivity contribution in [1.82, 2.24) is 5.32 Å². The third-order valence-corrected chi connectivity index (χ3v) is 2.94. The molecule has 16 heavy (non-hydrogen) atoms. The van der Waals surface area contributed by atoms with Crippen LogP contribution in [0.1, 0.15) is 38.3 Å². The van der Waals surface area contributed by atoms with Crippen LogP contribution in [-0.2, 0) is 0 Å². The average Bonchev–Trinajstić information content (AvgIpc) is 2.32. The molecule has 0 saturated carbocycles. The van der Waals surface area contributed by atoms with E-state index < -0.39 is 0 Å². The fourth-order valence-electron chi connectivity index (χ4n) is 1.67. The summed E-state index contributed by atoms with van der Waals surface area (Å²) in [6.07, 6.45) is 7.41. The van der Waals surface area contributed by atoms with Crippen molar-refractivity contribution < 1.29 is 0 Å². The predicted octanol–water partition coefficient (Wildman–Crippen LogP) is 3.79. The van der Waals surface area contributed by atoms with Gasteiger partial charge in [0, 0.05) is 11.1 Å². The lowest BCUT2D eigenvalue weighted by Crippen LogP contribution is -2.30. The molecule has 0 saturated heterocycles. The predicted molar refractivity (Wildman–Crippen MR) is 70.5 cm³/mol. The van der Waals surface area contributed by atoms with Gasteiger partial charge < -0.3 is 0 Å². The third-order valence-electron chi connectivity index (χ3n) is 2.69. The minimum absolute atomic E-state index is 0.139. The van der Waals surface area contributed by atoms with Gasteiger partial charge in [0.2, 0.25) is 0 Å². The monoisotopic (exact) mass is 235 g/mol. The molecule has 0 aliphatic rings. The molecular weight excluding hydrogens is 218 g/mol. The number of rotatable bonds is 5. The van der Waals surface area contributed by atoms with Gasteiger partial charge >= 0.3 is 0 Å². The second-order valence-electron chi connectivity index (χ2n) is 3.81. The van der Waals surface area contributed by atoms with Crippen LogP contribution in [0.2, 0.25) is 5.02 Å². The van der Waals surface area contributed by atoms with Gasteiger partial charge in [-0.2, -0.15) is 0 Å². The molecule has 0 aliphatic heterocycles. The highest BCUT2D eigenvalue weighted by molar-refractivity contribution is 6.30. The van der Waals surface area contributed by atoms with Crippen LogP contribution in [0.15, 0.2) is 24.3 Å². The Morgan fingerprint density at radius 1 is 1.25 bits per heavy atom. The first kappa shape index (κ1) is 13.1. The van der Waals surface area contributed by atoms with Crippen molar-refractivity contribution in [2.45, 2.75) is 38.8 Å². The largest absolute Gasteiger partial charge is 0.297 e. The van der Waals surface area contributed by atoms with E-state index in [1.165, 1.54) is 5.56 Å².